The molecule has 1 N–H and O–H groups in total. The Morgan fingerprint density at radius 1 is 1.37 bits per heavy atom. The molecule has 1 saturated heterocycles. The summed E-state index contributed by atoms with van der Waals surface area (Å²) in [5, 5.41) is 3.37. The van der Waals surface area contributed by atoms with E-state index < -0.39 is 12.1 Å². The van der Waals surface area contributed by atoms with E-state index in [1.807, 2.05) is 18.2 Å². The summed E-state index contributed by atoms with van der Waals surface area (Å²) in [6, 6.07) is 9.02. The number of fused-ring (bicyclic) bond motifs is 1. The highest BCUT2D eigenvalue weighted by molar-refractivity contribution is 6.01. The molecule has 0 radical (unpaired) electrons. The van der Waals surface area contributed by atoms with Crippen LogP contribution in [0.25, 0.3) is 0 Å². The van der Waals surface area contributed by atoms with Gasteiger partial charge in [-0.2, -0.15) is 0 Å². The molecule has 1 amide bonds. The summed E-state index contributed by atoms with van der Waals surface area (Å²) in [5.41, 5.74) is 1.71. The van der Waals surface area contributed by atoms with Crippen LogP contribution in [-0.4, -0.2) is 43.1 Å². The molecule has 7 heteroatoms. The molecule has 3 heterocycles. The number of nitrogens with one attached hydrogen (secondary N) is 1. The minimum atomic E-state index is -0.520. The number of furan rings is 1. The molecule has 4 rings (SSSR count). The number of esters is 1. The zero-order valence-electron chi connectivity index (χ0n) is 15.4. The Labute approximate surface area is 157 Å². The molecular weight excluding hydrogens is 348 g/mol. The molecule has 0 bridgehead atoms. The normalized spacial score (nSPS) is 21.7. The Hall–Kier alpha value is -2.80. The lowest BCUT2D eigenvalue weighted by Crippen LogP contribution is -2.46. The lowest BCUT2D eigenvalue weighted by atomic mass is 10.1. The number of carbonyl (C=O) groups excluding carboxylic acids is 2. The molecule has 0 unspecified atom stereocenters. The van der Waals surface area contributed by atoms with Crippen LogP contribution in [0.4, 0.5) is 5.69 Å². The largest absolute Gasteiger partial charge is 0.465 e. The van der Waals surface area contributed by atoms with E-state index in [0.717, 1.165) is 18.5 Å². The summed E-state index contributed by atoms with van der Waals surface area (Å²) in [6.45, 7) is 2.88. The van der Waals surface area contributed by atoms with Gasteiger partial charge in [-0.1, -0.05) is 12.1 Å². The maximum atomic E-state index is 13.2. The van der Waals surface area contributed by atoms with Crippen molar-refractivity contribution in [3.8, 4) is 0 Å². The van der Waals surface area contributed by atoms with E-state index in [0.29, 0.717) is 35.8 Å². The average Bonchev–Trinajstić information content (AvgIpc) is 3.33. The second-order valence-electron chi connectivity index (χ2n) is 6.80. The van der Waals surface area contributed by atoms with Gasteiger partial charge in [0.2, 0.25) is 0 Å². The number of benzene rings is 1. The van der Waals surface area contributed by atoms with Crippen LogP contribution in [0, 0.1) is 6.92 Å². The number of rotatable bonds is 4. The van der Waals surface area contributed by atoms with Crippen LogP contribution in [0.2, 0.25) is 0 Å². The van der Waals surface area contributed by atoms with Gasteiger partial charge in [-0.05, 0) is 38.0 Å². The SMILES string of the molecule is COC(=O)c1cc([C@H]2Nc3ccccc3C(=O)N2C[C@H]2CCCO2)oc1C. The van der Waals surface area contributed by atoms with E-state index in [4.69, 9.17) is 13.9 Å². The first-order chi connectivity index (χ1) is 13.1. The van der Waals surface area contributed by atoms with Gasteiger partial charge in [-0.15, -0.1) is 0 Å². The molecule has 2 atom stereocenters. The average molecular weight is 370 g/mol. The van der Waals surface area contributed by atoms with E-state index in [2.05, 4.69) is 5.32 Å². The first-order valence-corrected chi connectivity index (χ1v) is 9.05. The van der Waals surface area contributed by atoms with Gasteiger partial charge < -0.3 is 24.1 Å². The molecule has 2 aliphatic rings. The van der Waals surface area contributed by atoms with Crippen molar-refractivity contribution in [3.63, 3.8) is 0 Å². The third-order valence-corrected chi connectivity index (χ3v) is 5.06. The van der Waals surface area contributed by atoms with Crippen molar-refractivity contribution in [1.29, 1.82) is 0 Å². The Balaban J connectivity index is 1.71. The highest BCUT2D eigenvalue weighted by atomic mass is 16.5. The first-order valence-electron chi connectivity index (χ1n) is 9.05. The van der Waals surface area contributed by atoms with E-state index in [-0.39, 0.29) is 12.0 Å². The van der Waals surface area contributed by atoms with E-state index in [9.17, 15) is 9.59 Å². The maximum absolute atomic E-state index is 13.2. The van der Waals surface area contributed by atoms with Crippen LogP contribution >= 0.6 is 0 Å². The molecule has 2 aliphatic heterocycles. The van der Waals surface area contributed by atoms with Gasteiger partial charge in [0.15, 0.2) is 6.17 Å². The van der Waals surface area contributed by atoms with Crippen LogP contribution in [0.1, 0.15) is 51.2 Å². The highest BCUT2D eigenvalue weighted by Gasteiger charge is 2.37. The number of methoxy groups -OCH3 is 1. The molecule has 0 spiro atoms. The molecule has 2 aromatic rings. The van der Waals surface area contributed by atoms with Gasteiger partial charge in [0.1, 0.15) is 17.1 Å². The van der Waals surface area contributed by atoms with Crippen LogP contribution in [0.3, 0.4) is 0 Å². The summed E-state index contributed by atoms with van der Waals surface area (Å²) in [6.07, 6.45) is 1.39. The van der Waals surface area contributed by atoms with Gasteiger partial charge in [0.05, 0.1) is 18.8 Å². The van der Waals surface area contributed by atoms with E-state index in [1.165, 1.54) is 7.11 Å². The number of aryl methyl sites for hydroxylation is 1. The number of hydrogen-bond acceptors (Lipinski definition) is 6. The van der Waals surface area contributed by atoms with Gasteiger partial charge in [-0.3, -0.25) is 4.79 Å². The van der Waals surface area contributed by atoms with Crippen LogP contribution < -0.4 is 5.32 Å². The fraction of sp³-hybridized carbons (Fsp3) is 0.400. The maximum Gasteiger partial charge on any atom is 0.341 e. The summed E-state index contributed by atoms with van der Waals surface area (Å²) < 4.78 is 16.4. The number of hydrogen-bond donors (Lipinski definition) is 1. The lowest BCUT2D eigenvalue weighted by molar-refractivity contribution is 0.0401. The van der Waals surface area contributed by atoms with E-state index in [1.54, 1.807) is 24.0 Å². The van der Waals surface area contributed by atoms with Crippen LogP contribution in [-0.2, 0) is 9.47 Å². The third kappa shape index (κ3) is 3.19. The quantitative estimate of drug-likeness (QED) is 0.833. The van der Waals surface area contributed by atoms with Crippen molar-refractivity contribution in [2.75, 3.05) is 25.6 Å². The van der Waals surface area contributed by atoms with Gasteiger partial charge in [0.25, 0.3) is 5.91 Å². The molecule has 0 saturated carbocycles. The minimum Gasteiger partial charge on any atom is -0.465 e. The number of anilines is 1. The number of amides is 1. The fourth-order valence-electron chi connectivity index (χ4n) is 3.67. The third-order valence-electron chi connectivity index (χ3n) is 5.06. The summed E-state index contributed by atoms with van der Waals surface area (Å²) >= 11 is 0. The second kappa shape index (κ2) is 7.08. The zero-order valence-corrected chi connectivity index (χ0v) is 15.4. The van der Waals surface area contributed by atoms with Gasteiger partial charge in [0, 0.05) is 18.8 Å². The van der Waals surface area contributed by atoms with Crippen LogP contribution in [0.5, 0.6) is 0 Å². The number of nitrogens with zero attached hydrogens (tertiary/aromatic N) is 1. The van der Waals surface area contributed by atoms with Crippen LogP contribution in [0.15, 0.2) is 34.7 Å². The standard InChI is InChI=1S/C20H22N2O5/c1-12-15(20(24)25-2)10-17(27-12)18-21-16-8-4-3-7-14(16)19(23)22(18)11-13-6-5-9-26-13/h3-4,7-8,10,13,18,21H,5-6,9,11H2,1-2H3/t13-,18+/m1/s1. The van der Waals surface area contributed by atoms with Crippen molar-refractivity contribution in [3.05, 3.63) is 53.0 Å². The Morgan fingerprint density at radius 2 is 2.19 bits per heavy atom. The predicted octanol–water partition coefficient (Wildman–Crippen LogP) is 3.12. The Kier molecular flexibility index (Phi) is 4.61. The highest BCUT2D eigenvalue weighted by Crippen LogP contribution is 2.35. The lowest BCUT2D eigenvalue weighted by Gasteiger charge is -2.37. The minimum absolute atomic E-state index is 0.000325. The molecular formula is C20H22N2O5. The summed E-state index contributed by atoms with van der Waals surface area (Å²) in [7, 11) is 1.33. The fourth-order valence-corrected chi connectivity index (χ4v) is 3.67. The second-order valence-corrected chi connectivity index (χ2v) is 6.80. The molecule has 27 heavy (non-hydrogen) atoms. The molecule has 1 fully saturated rings. The van der Waals surface area contributed by atoms with Crippen molar-refractivity contribution >= 4 is 17.6 Å². The number of carbonyl (C=O) groups is 2. The molecule has 7 nitrogen and oxygen atoms in total. The monoisotopic (exact) mass is 370 g/mol. The van der Waals surface area contributed by atoms with Crippen molar-refractivity contribution in [2.24, 2.45) is 0 Å². The number of ether oxygens (including phenoxy) is 2. The van der Waals surface area contributed by atoms with Gasteiger partial charge >= 0.3 is 5.97 Å². The van der Waals surface area contributed by atoms with Crippen molar-refractivity contribution in [2.45, 2.75) is 32.0 Å². The Morgan fingerprint density at radius 3 is 2.93 bits per heavy atom. The molecule has 0 aliphatic carbocycles. The van der Waals surface area contributed by atoms with Crippen molar-refractivity contribution < 1.29 is 23.5 Å². The predicted molar refractivity (Wildman–Crippen MR) is 97.6 cm³/mol. The van der Waals surface area contributed by atoms with Gasteiger partial charge in [-0.25, -0.2) is 4.79 Å². The molecule has 142 valence electrons. The summed E-state index contributed by atoms with van der Waals surface area (Å²) in [4.78, 5) is 26.8. The Bertz CT molecular complexity index is 869. The van der Waals surface area contributed by atoms with E-state index >= 15 is 0 Å². The topological polar surface area (TPSA) is 81.0 Å². The molecule has 1 aromatic heterocycles. The first kappa shape index (κ1) is 17.6. The number of para-hydroxylation sites is 1. The smallest absolute Gasteiger partial charge is 0.341 e. The zero-order chi connectivity index (χ0) is 19.0. The molecule has 1 aromatic carbocycles. The van der Waals surface area contributed by atoms with Crippen molar-refractivity contribution in [1.82, 2.24) is 4.90 Å². The summed E-state index contributed by atoms with van der Waals surface area (Å²) in [5.74, 6) is 0.407.